The predicted octanol–water partition coefficient (Wildman–Crippen LogP) is 2.08. The Morgan fingerprint density at radius 2 is 2.22 bits per heavy atom. The van der Waals surface area contributed by atoms with E-state index in [4.69, 9.17) is 12.2 Å². The molecule has 0 spiro atoms. The fraction of sp³-hybridized carbons (Fsp3) is 0.471. The van der Waals surface area contributed by atoms with E-state index in [1.165, 1.54) is 23.1 Å². The van der Waals surface area contributed by atoms with Gasteiger partial charge in [-0.05, 0) is 25.3 Å². The molecule has 1 amide bonds. The number of carbonyl (C=O) groups excluding carboxylic acids is 1. The number of hydrogen-bond donors (Lipinski definition) is 1. The van der Waals surface area contributed by atoms with Crippen molar-refractivity contribution in [2.24, 2.45) is 5.92 Å². The number of rotatable bonds is 3. The second kappa shape index (κ2) is 7.69. The summed E-state index contributed by atoms with van der Waals surface area (Å²) in [4.78, 5) is 26.4. The van der Waals surface area contributed by atoms with E-state index in [9.17, 15) is 9.59 Å². The van der Waals surface area contributed by atoms with E-state index in [2.05, 4.69) is 20.4 Å². The van der Waals surface area contributed by atoms with E-state index >= 15 is 0 Å². The number of carbonyl (C=O) groups is 1. The fourth-order valence-electron chi connectivity index (χ4n) is 3.77. The predicted molar refractivity (Wildman–Crippen MR) is 111 cm³/mol. The first-order chi connectivity index (χ1) is 13.0. The van der Waals surface area contributed by atoms with Crippen molar-refractivity contribution in [1.29, 1.82) is 0 Å². The topological polar surface area (TPSA) is 80.1 Å². The summed E-state index contributed by atoms with van der Waals surface area (Å²) in [5.41, 5.74) is 1.18. The molecule has 2 aliphatic heterocycles. The largest absolute Gasteiger partial charge is 0.356 e. The summed E-state index contributed by atoms with van der Waals surface area (Å²) in [6.45, 7) is 4.21. The number of pyridine rings is 1. The van der Waals surface area contributed by atoms with Crippen LogP contribution in [-0.4, -0.2) is 48.7 Å². The number of anilines is 1. The fourth-order valence-corrected chi connectivity index (χ4v) is 5.36. The van der Waals surface area contributed by atoms with Crippen LogP contribution >= 0.6 is 35.3 Å². The molecule has 4 heterocycles. The number of hydrogen-bond acceptors (Lipinski definition) is 7. The van der Waals surface area contributed by atoms with Gasteiger partial charge in [0.1, 0.15) is 9.33 Å². The highest BCUT2D eigenvalue weighted by Crippen LogP contribution is 2.36. The number of nitrogens with one attached hydrogen (secondary N) is 1. The smallest absolute Gasteiger partial charge is 0.250 e. The molecule has 2 bridgehead atoms. The molecule has 1 fully saturated rings. The molecule has 0 radical (unpaired) electrons. The Hall–Kier alpha value is -1.78. The molecule has 4 rings (SSSR count). The SMILES string of the molecule is Cc1nnc(NC(=O)CSC(=S)N2C[C@@H]3C[C@@H](C2)c2cccc(=O)n2C3)s1. The van der Waals surface area contributed by atoms with Gasteiger partial charge in [0.15, 0.2) is 0 Å². The average Bonchev–Trinajstić information content (AvgIpc) is 3.05. The van der Waals surface area contributed by atoms with Crippen LogP contribution in [0.25, 0.3) is 0 Å². The average molecular weight is 422 g/mol. The van der Waals surface area contributed by atoms with Gasteiger partial charge >= 0.3 is 0 Å². The van der Waals surface area contributed by atoms with Crippen LogP contribution in [0.3, 0.4) is 0 Å². The molecule has 27 heavy (non-hydrogen) atoms. The van der Waals surface area contributed by atoms with Crippen molar-refractivity contribution in [3.63, 3.8) is 0 Å². The summed E-state index contributed by atoms with van der Waals surface area (Å²) in [5, 5.41) is 11.9. The van der Waals surface area contributed by atoms with Crippen LogP contribution < -0.4 is 10.9 Å². The number of thiocarbonyl (C=S) groups is 1. The summed E-state index contributed by atoms with van der Waals surface area (Å²) in [5.74, 6) is 0.836. The van der Waals surface area contributed by atoms with Gasteiger partial charge in [-0.1, -0.05) is 41.4 Å². The van der Waals surface area contributed by atoms with Gasteiger partial charge in [-0.15, -0.1) is 10.2 Å². The summed E-state index contributed by atoms with van der Waals surface area (Å²) in [6, 6.07) is 5.50. The Morgan fingerprint density at radius 3 is 3.00 bits per heavy atom. The van der Waals surface area contributed by atoms with Gasteiger partial charge in [-0.3, -0.25) is 14.9 Å². The number of aryl methyl sites for hydroxylation is 1. The van der Waals surface area contributed by atoms with E-state index in [1.807, 2.05) is 23.6 Å². The molecule has 2 atom stereocenters. The molecule has 7 nitrogen and oxygen atoms in total. The third-order valence-electron chi connectivity index (χ3n) is 4.84. The van der Waals surface area contributed by atoms with Crippen molar-refractivity contribution in [3.05, 3.63) is 39.3 Å². The maximum atomic E-state index is 12.1. The highest BCUT2D eigenvalue weighted by Gasteiger charge is 2.35. The minimum Gasteiger partial charge on any atom is -0.356 e. The maximum absolute atomic E-state index is 12.1. The van der Waals surface area contributed by atoms with Gasteiger partial charge in [0.2, 0.25) is 11.0 Å². The monoisotopic (exact) mass is 421 g/mol. The van der Waals surface area contributed by atoms with Gasteiger partial charge in [0, 0.05) is 37.3 Å². The first-order valence-electron chi connectivity index (χ1n) is 8.71. The molecule has 142 valence electrons. The van der Waals surface area contributed by atoms with Crippen molar-refractivity contribution in [2.45, 2.75) is 25.8 Å². The Balaban J connectivity index is 1.35. The highest BCUT2D eigenvalue weighted by molar-refractivity contribution is 8.23. The number of likely N-dealkylation sites (tertiary alicyclic amines) is 1. The molecular formula is C17H19N5O2S3. The summed E-state index contributed by atoms with van der Waals surface area (Å²) in [6.07, 6.45) is 1.09. The van der Waals surface area contributed by atoms with Crippen molar-refractivity contribution in [2.75, 3.05) is 24.2 Å². The molecule has 1 saturated heterocycles. The van der Waals surface area contributed by atoms with E-state index in [0.717, 1.165) is 41.1 Å². The minimum absolute atomic E-state index is 0.0798. The van der Waals surface area contributed by atoms with Gasteiger partial charge in [0.05, 0.1) is 5.75 Å². The van der Waals surface area contributed by atoms with Crippen LogP contribution in [0.15, 0.2) is 23.0 Å². The second-order valence-corrected chi connectivity index (χ2v) is 9.62. The Bertz CT molecular complexity index is 941. The van der Waals surface area contributed by atoms with Crippen LogP contribution in [0, 0.1) is 12.8 Å². The second-order valence-electron chi connectivity index (χ2n) is 6.83. The zero-order valence-corrected chi connectivity index (χ0v) is 17.2. The molecule has 2 aliphatic rings. The lowest BCUT2D eigenvalue weighted by atomic mass is 9.83. The van der Waals surface area contributed by atoms with E-state index in [1.54, 1.807) is 6.07 Å². The molecule has 0 aliphatic carbocycles. The van der Waals surface area contributed by atoms with Crippen LogP contribution in [0.4, 0.5) is 5.13 Å². The first kappa shape index (κ1) is 18.6. The van der Waals surface area contributed by atoms with Crippen molar-refractivity contribution in [3.8, 4) is 0 Å². The lowest BCUT2D eigenvalue weighted by Crippen LogP contribution is -2.48. The summed E-state index contributed by atoms with van der Waals surface area (Å²) < 4.78 is 2.64. The Morgan fingerprint density at radius 1 is 1.37 bits per heavy atom. The number of fused-ring (bicyclic) bond motifs is 4. The van der Waals surface area contributed by atoms with Crippen molar-refractivity contribution in [1.82, 2.24) is 19.7 Å². The van der Waals surface area contributed by atoms with Crippen LogP contribution in [-0.2, 0) is 11.3 Å². The van der Waals surface area contributed by atoms with Crippen LogP contribution in [0.1, 0.15) is 23.0 Å². The number of aromatic nitrogens is 3. The van der Waals surface area contributed by atoms with E-state index in [-0.39, 0.29) is 17.2 Å². The number of thioether (sulfide) groups is 1. The van der Waals surface area contributed by atoms with Crippen molar-refractivity contribution < 1.29 is 4.79 Å². The molecule has 1 N–H and O–H groups in total. The lowest BCUT2D eigenvalue weighted by Gasteiger charge is -2.43. The molecule has 0 aromatic carbocycles. The zero-order chi connectivity index (χ0) is 19.0. The van der Waals surface area contributed by atoms with E-state index in [0.29, 0.717) is 17.0 Å². The number of nitrogens with zero attached hydrogens (tertiary/aromatic N) is 4. The first-order valence-corrected chi connectivity index (χ1v) is 10.9. The molecule has 10 heteroatoms. The van der Waals surface area contributed by atoms with Crippen LogP contribution in [0.5, 0.6) is 0 Å². The maximum Gasteiger partial charge on any atom is 0.250 e. The minimum atomic E-state index is -0.132. The lowest BCUT2D eigenvalue weighted by molar-refractivity contribution is -0.113. The molecule has 0 unspecified atom stereocenters. The van der Waals surface area contributed by atoms with Crippen LogP contribution in [0.2, 0.25) is 0 Å². The highest BCUT2D eigenvalue weighted by atomic mass is 32.2. The summed E-state index contributed by atoms with van der Waals surface area (Å²) in [7, 11) is 0. The standard InChI is InChI=1S/C17H19N5O2S3/c1-10-19-20-16(27-10)18-14(23)9-26-17(25)21-6-11-5-12(8-21)13-3-2-4-15(24)22(13)7-11/h2-4,11-12H,5-9H2,1H3,(H,18,20,23)/t11-,12-/m0/s1. The van der Waals surface area contributed by atoms with Gasteiger partial charge in [0.25, 0.3) is 5.56 Å². The molecule has 2 aromatic rings. The Kier molecular flexibility index (Phi) is 5.29. The third kappa shape index (κ3) is 4.07. The normalized spacial score (nSPS) is 20.9. The molecular weight excluding hydrogens is 402 g/mol. The number of amides is 1. The Labute approximate surface area is 170 Å². The van der Waals surface area contributed by atoms with Gasteiger partial charge in [-0.2, -0.15) is 0 Å². The molecule has 0 saturated carbocycles. The molecule has 2 aromatic heterocycles. The van der Waals surface area contributed by atoms with Gasteiger partial charge in [-0.25, -0.2) is 0 Å². The van der Waals surface area contributed by atoms with Crippen molar-refractivity contribution >= 4 is 50.7 Å². The van der Waals surface area contributed by atoms with E-state index < -0.39 is 0 Å². The number of piperidine rings is 1. The third-order valence-corrected chi connectivity index (χ3v) is 7.11. The quantitative estimate of drug-likeness (QED) is 0.760. The zero-order valence-electron chi connectivity index (χ0n) is 14.8. The summed E-state index contributed by atoms with van der Waals surface area (Å²) >= 11 is 8.30. The van der Waals surface area contributed by atoms with Gasteiger partial charge < -0.3 is 9.47 Å².